The van der Waals surface area contributed by atoms with E-state index >= 15 is 0 Å². The minimum absolute atomic E-state index is 0.0477. The summed E-state index contributed by atoms with van der Waals surface area (Å²) in [5.74, 6) is -1.07. The van der Waals surface area contributed by atoms with Gasteiger partial charge in [-0.3, -0.25) is 0 Å². The van der Waals surface area contributed by atoms with Crippen LogP contribution in [0.3, 0.4) is 0 Å². The molecule has 0 amide bonds. The molecule has 112 valence electrons. The van der Waals surface area contributed by atoms with Crippen molar-refractivity contribution in [1.29, 1.82) is 0 Å². The van der Waals surface area contributed by atoms with Crippen LogP contribution in [-0.2, 0) is 6.42 Å². The molecule has 0 unspecified atom stereocenters. The fourth-order valence-corrected chi connectivity index (χ4v) is 3.01. The first kappa shape index (κ1) is 14.9. The minimum atomic E-state index is -1.07. The highest BCUT2D eigenvalue weighted by Gasteiger charge is 2.16. The maximum atomic E-state index is 11.2. The number of rotatable bonds is 3. The Balaban J connectivity index is 2.06. The van der Waals surface area contributed by atoms with E-state index in [2.05, 4.69) is 9.97 Å². The van der Waals surface area contributed by atoms with Gasteiger partial charge in [-0.1, -0.05) is 23.2 Å². The monoisotopic (exact) mass is 334 g/mol. The average molecular weight is 335 g/mol. The number of nitrogens with zero attached hydrogens (tertiary/aromatic N) is 1. The molecule has 0 spiro atoms. The van der Waals surface area contributed by atoms with Gasteiger partial charge < -0.3 is 10.1 Å². The number of benzene rings is 1. The molecule has 0 aliphatic carbocycles. The van der Waals surface area contributed by atoms with E-state index in [0.29, 0.717) is 17.0 Å². The second-order valence-electron chi connectivity index (χ2n) is 5.05. The number of hydrogen-bond acceptors (Lipinski definition) is 2. The summed E-state index contributed by atoms with van der Waals surface area (Å²) < 4.78 is 0. The van der Waals surface area contributed by atoms with Gasteiger partial charge in [-0.05, 0) is 42.3 Å². The highest BCUT2D eigenvalue weighted by molar-refractivity contribution is 6.37. The number of aromatic nitrogens is 2. The van der Waals surface area contributed by atoms with Crippen molar-refractivity contribution < 1.29 is 9.90 Å². The van der Waals surface area contributed by atoms with Gasteiger partial charge in [0, 0.05) is 28.7 Å². The van der Waals surface area contributed by atoms with Gasteiger partial charge in [0.1, 0.15) is 5.65 Å². The highest BCUT2D eigenvalue weighted by atomic mass is 35.5. The number of aryl methyl sites for hydroxylation is 1. The van der Waals surface area contributed by atoms with E-state index in [1.165, 1.54) is 6.07 Å². The van der Waals surface area contributed by atoms with Crippen molar-refractivity contribution in [3.8, 4) is 0 Å². The third kappa shape index (κ3) is 2.56. The van der Waals surface area contributed by atoms with E-state index in [1.807, 2.05) is 19.1 Å². The number of carbonyl (C=O) groups is 1. The lowest BCUT2D eigenvalue weighted by Crippen LogP contribution is -2.01. The van der Waals surface area contributed by atoms with Crippen molar-refractivity contribution in [2.75, 3.05) is 0 Å². The van der Waals surface area contributed by atoms with Crippen molar-refractivity contribution >= 4 is 40.2 Å². The second-order valence-corrected chi connectivity index (χ2v) is 5.84. The molecule has 0 fully saturated rings. The number of nitrogens with one attached hydrogen (secondary N) is 1. The second kappa shape index (κ2) is 5.63. The molecule has 2 aromatic heterocycles. The normalized spacial score (nSPS) is 11.0. The molecule has 0 atom stereocenters. The van der Waals surface area contributed by atoms with Gasteiger partial charge in [-0.2, -0.15) is 0 Å². The number of aromatic carboxylic acids is 1. The topological polar surface area (TPSA) is 66.0 Å². The predicted molar refractivity (Wildman–Crippen MR) is 87.1 cm³/mol. The molecule has 3 aromatic rings. The van der Waals surface area contributed by atoms with E-state index in [1.54, 1.807) is 12.3 Å². The quantitative estimate of drug-likeness (QED) is 0.742. The SMILES string of the molecule is Cc1ccnc2[nH]c(Cc3c(Cl)ccc(C(=O)O)c3Cl)cc12. The lowest BCUT2D eigenvalue weighted by Gasteiger charge is -2.08. The molecule has 0 saturated heterocycles. The standard InChI is InChI=1S/C16H12Cl2N2O2/c1-8-4-5-19-15-11(8)6-9(20-15)7-12-13(17)3-2-10(14(12)18)16(21)22/h2-6H,7H2,1H3,(H,19,20)(H,21,22). The zero-order valence-corrected chi connectivity index (χ0v) is 13.2. The van der Waals surface area contributed by atoms with Crippen LogP contribution in [0.4, 0.5) is 0 Å². The van der Waals surface area contributed by atoms with Gasteiger partial charge in [0.05, 0.1) is 10.6 Å². The maximum absolute atomic E-state index is 11.2. The number of pyridine rings is 1. The summed E-state index contributed by atoms with van der Waals surface area (Å²) in [5, 5.41) is 10.8. The number of halogens is 2. The first-order valence-corrected chi connectivity index (χ1v) is 7.36. The van der Waals surface area contributed by atoms with Gasteiger partial charge >= 0.3 is 5.97 Å². The predicted octanol–water partition coefficient (Wildman–Crippen LogP) is 4.47. The molecule has 6 heteroatoms. The van der Waals surface area contributed by atoms with Crippen LogP contribution in [0.2, 0.25) is 10.0 Å². The Kier molecular flexibility index (Phi) is 3.81. The fraction of sp³-hybridized carbons (Fsp3) is 0.125. The molecule has 4 nitrogen and oxygen atoms in total. The maximum Gasteiger partial charge on any atom is 0.337 e. The summed E-state index contributed by atoms with van der Waals surface area (Å²) in [6.45, 7) is 2.01. The van der Waals surface area contributed by atoms with Crippen molar-refractivity contribution in [2.24, 2.45) is 0 Å². The van der Waals surface area contributed by atoms with Gasteiger partial charge in [0.2, 0.25) is 0 Å². The third-order valence-electron chi connectivity index (χ3n) is 3.59. The molecule has 2 heterocycles. The smallest absolute Gasteiger partial charge is 0.337 e. The summed E-state index contributed by atoms with van der Waals surface area (Å²) in [4.78, 5) is 18.7. The lowest BCUT2D eigenvalue weighted by atomic mass is 10.1. The Labute approximate surface area is 136 Å². The van der Waals surface area contributed by atoms with Crippen LogP contribution in [0.15, 0.2) is 30.5 Å². The lowest BCUT2D eigenvalue weighted by molar-refractivity contribution is 0.0697. The molecule has 3 rings (SSSR count). The van der Waals surface area contributed by atoms with Gasteiger partial charge in [0.25, 0.3) is 0 Å². The summed E-state index contributed by atoms with van der Waals surface area (Å²) in [7, 11) is 0. The molecule has 22 heavy (non-hydrogen) atoms. The Hall–Kier alpha value is -2.04. The summed E-state index contributed by atoms with van der Waals surface area (Å²) in [6, 6.07) is 6.88. The fourth-order valence-electron chi connectivity index (χ4n) is 2.42. The van der Waals surface area contributed by atoms with E-state index < -0.39 is 5.97 Å². The molecule has 2 N–H and O–H groups in total. The van der Waals surface area contributed by atoms with Crippen molar-refractivity contribution in [3.05, 3.63) is 62.9 Å². The summed E-state index contributed by atoms with van der Waals surface area (Å²) in [5.41, 5.74) is 3.42. The van der Waals surface area contributed by atoms with Gasteiger partial charge in [0.15, 0.2) is 0 Å². The van der Waals surface area contributed by atoms with Gasteiger partial charge in [-0.25, -0.2) is 9.78 Å². The zero-order chi connectivity index (χ0) is 15.9. The van der Waals surface area contributed by atoms with Crippen LogP contribution in [0.25, 0.3) is 11.0 Å². The number of carboxylic acids is 1. The number of aromatic amines is 1. The molecule has 0 aliphatic rings. The number of carboxylic acid groups (broad SMARTS) is 1. The van der Waals surface area contributed by atoms with Crippen LogP contribution in [-0.4, -0.2) is 21.0 Å². The first-order valence-electron chi connectivity index (χ1n) is 6.60. The molecule has 1 aromatic carbocycles. The van der Waals surface area contributed by atoms with Crippen LogP contribution in [0.1, 0.15) is 27.2 Å². The Morgan fingerprint density at radius 2 is 2.09 bits per heavy atom. The average Bonchev–Trinajstić information content (AvgIpc) is 2.87. The first-order chi connectivity index (χ1) is 10.5. The highest BCUT2D eigenvalue weighted by Crippen LogP contribution is 2.31. The Bertz CT molecular complexity index is 887. The Morgan fingerprint density at radius 1 is 1.32 bits per heavy atom. The molecule has 0 aliphatic heterocycles. The number of fused-ring (bicyclic) bond motifs is 1. The van der Waals surface area contributed by atoms with E-state index in [4.69, 9.17) is 28.3 Å². The zero-order valence-electron chi connectivity index (χ0n) is 11.7. The van der Waals surface area contributed by atoms with Crippen LogP contribution >= 0.6 is 23.2 Å². The van der Waals surface area contributed by atoms with Crippen LogP contribution in [0.5, 0.6) is 0 Å². The summed E-state index contributed by atoms with van der Waals surface area (Å²) >= 11 is 12.4. The van der Waals surface area contributed by atoms with E-state index in [0.717, 1.165) is 22.3 Å². The molecular weight excluding hydrogens is 323 g/mol. The van der Waals surface area contributed by atoms with Crippen molar-refractivity contribution in [1.82, 2.24) is 9.97 Å². The van der Waals surface area contributed by atoms with Gasteiger partial charge in [-0.15, -0.1) is 0 Å². The van der Waals surface area contributed by atoms with E-state index in [-0.39, 0.29) is 10.6 Å². The molecule has 0 saturated carbocycles. The molecule has 0 radical (unpaired) electrons. The van der Waals surface area contributed by atoms with Crippen LogP contribution in [0, 0.1) is 6.92 Å². The molecular formula is C16H12Cl2N2O2. The third-order valence-corrected chi connectivity index (χ3v) is 4.38. The number of H-pyrrole nitrogens is 1. The largest absolute Gasteiger partial charge is 0.478 e. The van der Waals surface area contributed by atoms with Crippen molar-refractivity contribution in [3.63, 3.8) is 0 Å². The Morgan fingerprint density at radius 3 is 2.77 bits per heavy atom. The summed E-state index contributed by atoms with van der Waals surface area (Å²) in [6.07, 6.45) is 2.15. The van der Waals surface area contributed by atoms with Crippen molar-refractivity contribution in [2.45, 2.75) is 13.3 Å². The van der Waals surface area contributed by atoms with Crippen LogP contribution < -0.4 is 0 Å². The number of hydrogen-bond donors (Lipinski definition) is 2. The van der Waals surface area contributed by atoms with E-state index in [9.17, 15) is 4.79 Å². The minimum Gasteiger partial charge on any atom is -0.478 e. The molecule has 0 bridgehead atoms.